The Balaban J connectivity index is 2.45. The fraction of sp³-hybridized carbons (Fsp3) is 0.231. The zero-order chi connectivity index (χ0) is 15.8. The molecule has 0 saturated carbocycles. The van der Waals surface area contributed by atoms with E-state index in [0.717, 1.165) is 10.9 Å². The summed E-state index contributed by atoms with van der Waals surface area (Å²) < 4.78 is 23.8. The van der Waals surface area contributed by atoms with E-state index in [0.29, 0.717) is 16.8 Å². The Hall–Kier alpha value is -2.35. The van der Waals surface area contributed by atoms with Crippen LogP contribution in [0.25, 0.3) is 11.3 Å². The summed E-state index contributed by atoms with van der Waals surface area (Å²) in [7, 11) is -3.28. The zero-order valence-electron chi connectivity index (χ0n) is 11.4. The number of carboxylic acid groups (broad SMARTS) is 1. The lowest BCUT2D eigenvalue weighted by atomic mass is 10.1. The lowest BCUT2D eigenvalue weighted by Crippen LogP contribution is -2.09. The fourth-order valence-corrected chi connectivity index (χ4v) is 2.55. The van der Waals surface area contributed by atoms with E-state index >= 15 is 0 Å². The van der Waals surface area contributed by atoms with E-state index in [1.165, 1.54) is 12.1 Å². The number of hydrogen-bond acceptors (Lipinski definition) is 5. The van der Waals surface area contributed by atoms with Gasteiger partial charge < -0.3 is 10.2 Å². The van der Waals surface area contributed by atoms with Crippen molar-refractivity contribution in [2.24, 2.45) is 0 Å². The smallest absolute Gasteiger partial charge is 0.325 e. The number of benzene rings is 1. The van der Waals surface area contributed by atoms with Crippen LogP contribution in [0.15, 0.2) is 29.2 Å². The third-order valence-electron chi connectivity index (χ3n) is 3.00. The molecule has 0 radical (unpaired) electrons. The van der Waals surface area contributed by atoms with E-state index in [4.69, 9.17) is 5.11 Å². The number of carboxylic acids is 1. The summed E-state index contributed by atoms with van der Waals surface area (Å²) >= 11 is 0. The number of rotatable bonds is 4. The van der Waals surface area contributed by atoms with Crippen molar-refractivity contribution in [2.75, 3.05) is 6.26 Å². The Morgan fingerprint density at radius 2 is 1.86 bits per heavy atom. The van der Waals surface area contributed by atoms with Gasteiger partial charge in [-0.3, -0.25) is 4.79 Å². The Kier molecular flexibility index (Phi) is 3.73. The Morgan fingerprint density at radius 3 is 2.33 bits per heavy atom. The molecule has 7 nitrogen and oxygen atoms in total. The first-order valence-electron chi connectivity index (χ1n) is 5.99. The largest absolute Gasteiger partial charge is 0.493 e. The fourth-order valence-electron chi connectivity index (χ4n) is 1.92. The highest BCUT2D eigenvalue weighted by Crippen LogP contribution is 2.29. The van der Waals surface area contributed by atoms with Gasteiger partial charge in [-0.2, -0.15) is 5.10 Å². The maximum atomic E-state index is 11.4. The van der Waals surface area contributed by atoms with Gasteiger partial charge in [0.2, 0.25) is 5.88 Å². The highest BCUT2D eigenvalue weighted by Gasteiger charge is 2.17. The number of aromatic nitrogens is 2. The van der Waals surface area contributed by atoms with Gasteiger partial charge in [-0.25, -0.2) is 13.1 Å². The van der Waals surface area contributed by atoms with Crippen LogP contribution in [0.1, 0.15) is 5.56 Å². The molecule has 0 amide bonds. The van der Waals surface area contributed by atoms with E-state index < -0.39 is 22.4 Å². The van der Waals surface area contributed by atoms with Crippen LogP contribution in [-0.2, 0) is 21.2 Å². The summed E-state index contributed by atoms with van der Waals surface area (Å²) in [6.07, 6.45) is 1.11. The summed E-state index contributed by atoms with van der Waals surface area (Å²) in [6.45, 7) is 1.16. The van der Waals surface area contributed by atoms with Crippen LogP contribution in [0.4, 0.5) is 0 Å². The van der Waals surface area contributed by atoms with Crippen molar-refractivity contribution in [1.82, 2.24) is 9.78 Å². The van der Waals surface area contributed by atoms with Crippen LogP contribution in [0, 0.1) is 6.92 Å². The van der Waals surface area contributed by atoms with Gasteiger partial charge in [0.05, 0.1) is 10.6 Å². The predicted octanol–water partition coefficient (Wildman–Crippen LogP) is 1.05. The van der Waals surface area contributed by atoms with Crippen molar-refractivity contribution in [3.8, 4) is 17.1 Å². The SMILES string of the molecule is Cc1c(-c2ccc(S(C)(=O)=O)cc2)nn(CC(=O)O)c1O. The van der Waals surface area contributed by atoms with Crippen LogP contribution in [-0.4, -0.2) is 40.6 Å². The van der Waals surface area contributed by atoms with Gasteiger partial charge in [0, 0.05) is 17.4 Å². The van der Waals surface area contributed by atoms with Gasteiger partial charge in [-0.05, 0) is 19.1 Å². The van der Waals surface area contributed by atoms with Crippen LogP contribution >= 0.6 is 0 Å². The van der Waals surface area contributed by atoms with Gasteiger partial charge in [-0.1, -0.05) is 12.1 Å². The third-order valence-corrected chi connectivity index (χ3v) is 4.13. The molecule has 0 spiro atoms. The second kappa shape index (κ2) is 5.21. The topological polar surface area (TPSA) is 109 Å². The molecular formula is C13H14N2O5S. The maximum Gasteiger partial charge on any atom is 0.325 e. The van der Waals surface area contributed by atoms with E-state index in [1.54, 1.807) is 19.1 Å². The molecule has 0 aliphatic rings. The molecule has 1 aromatic carbocycles. The third kappa shape index (κ3) is 3.05. The van der Waals surface area contributed by atoms with Crippen LogP contribution < -0.4 is 0 Å². The van der Waals surface area contributed by atoms with E-state index in [1.807, 2.05) is 0 Å². The number of hydrogen-bond donors (Lipinski definition) is 2. The van der Waals surface area contributed by atoms with Crippen molar-refractivity contribution in [3.05, 3.63) is 29.8 Å². The van der Waals surface area contributed by atoms with Gasteiger partial charge in [-0.15, -0.1) is 0 Å². The normalized spacial score (nSPS) is 11.5. The molecule has 1 heterocycles. The molecule has 2 aromatic rings. The van der Waals surface area contributed by atoms with Gasteiger partial charge in [0.1, 0.15) is 6.54 Å². The van der Waals surface area contributed by atoms with Crippen molar-refractivity contribution >= 4 is 15.8 Å². The average molecular weight is 310 g/mol. The minimum absolute atomic E-state index is 0.179. The van der Waals surface area contributed by atoms with Crippen molar-refractivity contribution in [2.45, 2.75) is 18.4 Å². The molecule has 1 aromatic heterocycles. The number of sulfone groups is 1. The molecule has 8 heteroatoms. The van der Waals surface area contributed by atoms with Gasteiger partial charge in [0.15, 0.2) is 9.84 Å². The van der Waals surface area contributed by atoms with Gasteiger partial charge >= 0.3 is 5.97 Å². The lowest BCUT2D eigenvalue weighted by Gasteiger charge is -2.01. The van der Waals surface area contributed by atoms with Crippen molar-refractivity contribution in [1.29, 1.82) is 0 Å². The maximum absolute atomic E-state index is 11.4. The van der Waals surface area contributed by atoms with Crippen LogP contribution in [0.2, 0.25) is 0 Å². The Bertz CT molecular complexity index is 791. The molecule has 0 aliphatic heterocycles. The number of aliphatic carboxylic acids is 1. The first kappa shape index (κ1) is 15.0. The molecule has 2 N–H and O–H groups in total. The minimum atomic E-state index is -3.28. The molecule has 21 heavy (non-hydrogen) atoms. The van der Waals surface area contributed by atoms with E-state index in [-0.39, 0.29) is 10.8 Å². The molecule has 0 aliphatic carbocycles. The molecular weight excluding hydrogens is 296 g/mol. The second-order valence-corrected chi connectivity index (χ2v) is 6.66. The Labute approximate surface area is 121 Å². The predicted molar refractivity (Wildman–Crippen MR) is 74.8 cm³/mol. The molecule has 0 atom stereocenters. The summed E-state index contributed by atoms with van der Waals surface area (Å²) in [4.78, 5) is 10.9. The quantitative estimate of drug-likeness (QED) is 0.873. The van der Waals surface area contributed by atoms with Gasteiger partial charge in [0.25, 0.3) is 0 Å². The first-order chi connectivity index (χ1) is 9.70. The van der Waals surface area contributed by atoms with E-state index in [2.05, 4.69) is 5.10 Å². The van der Waals surface area contributed by atoms with Crippen molar-refractivity contribution in [3.63, 3.8) is 0 Å². The molecule has 2 rings (SSSR count). The summed E-state index contributed by atoms with van der Waals surface area (Å²) in [5.74, 6) is -1.34. The highest BCUT2D eigenvalue weighted by molar-refractivity contribution is 7.90. The summed E-state index contributed by atoms with van der Waals surface area (Å²) in [5.41, 5.74) is 1.44. The average Bonchev–Trinajstić information content (AvgIpc) is 2.66. The highest BCUT2D eigenvalue weighted by atomic mass is 32.2. The number of carbonyl (C=O) groups is 1. The molecule has 0 saturated heterocycles. The lowest BCUT2D eigenvalue weighted by molar-refractivity contribution is -0.138. The summed E-state index contributed by atoms with van der Waals surface area (Å²) in [6, 6.07) is 6.02. The second-order valence-electron chi connectivity index (χ2n) is 4.65. The molecule has 0 fully saturated rings. The van der Waals surface area contributed by atoms with Crippen LogP contribution in [0.3, 0.4) is 0 Å². The van der Waals surface area contributed by atoms with Crippen molar-refractivity contribution < 1.29 is 23.4 Å². The standard InChI is InChI=1S/C13H14N2O5S/c1-8-12(14-15(13(8)18)7-11(16)17)9-3-5-10(6-4-9)21(2,19)20/h3-6,18H,7H2,1-2H3,(H,16,17). The Morgan fingerprint density at radius 1 is 1.29 bits per heavy atom. The zero-order valence-corrected chi connectivity index (χ0v) is 12.3. The molecule has 0 unspecified atom stereocenters. The van der Waals surface area contributed by atoms with E-state index in [9.17, 15) is 18.3 Å². The molecule has 0 bridgehead atoms. The summed E-state index contributed by atoms with van der Waals surface area (Å²) in [5, 5.41) is 22.7. The minimum Gasteiger partial charge on any atom is -0.493 e. The monoisotopic (exact) mass is 310 g/mol. The number of nitrogens with zero attached hydrogens (tertiary/aromatic N) is 2. The molecule has 112 valence electrons. The first-order valence-corrected chi connectivity index (χ1v) is 7.88. The number of aromatic hydroxyl groups is 1. The van der Waals surface area contributed by atoms with Crippen LogP contribution in [0.5, 0.6) is 5.88 Å².